The van der Waals surface area contributed by atoms with Crippen molar-refractivity contribution < 1.29 is 14.0 Å². The molecule has 1 fully saturated rings. The SMILES string of the molecule is O=C(c1ccccc1F)N1CCCN(C(=O)c2sc3cc(Cl)ccc3c2Cl)CC1. The highest BCUT2D eigenvalue weighted by molar-refractivity contribution is 7.21. The monoisotopic (exact) mass is 450 g/mol. The average Bonchev–Trinajstić information content (AvgIpc) is 2.89. The van der Waals surface area contributed by atoms with Gasteiger partial charge in [-0.05, 0) is 30.7 Å². The number of carbonyl (C=O) groups excluding carboxylic acids is 2. The van der Waals surface area contributed by atoms with Gasteiger partial charge in [0.15, 0.2) is 0 Å². The Kier molecular flexibility index (Phi) is 5.76. The lowest BCUT2D eigenvalue weighted by molar-refractivity contribution is 0.0718. The second-order valence-corrected chi connectivity index (χ2v) is 8.67. The number of carbonyl (C=O) groups is 2. The normalized spacial score (nSPS) is 14.9. The molecular weight excluding hydrogens is 434 g/mol. The number of thiophene rings is 1. The lowest BCUT2D eigenvalue weighted by Gasteiger charge is -2.22. The van der Waals surface area contributed by atoms with Crippen molar-refractivity contribution in [1.82, 2.24) is 9.80 Å². The molecule has 2 heterocycles. The van der Waals surface area contributed by atoms with E-state index in [1.165, 1.54) is 23.5 Å². The van der Waals surface area contributed by atoms with Crippen LogP contribution < -0.4 is 0 Å². The van der Waals surface area contributed by atoms with Crippen molar-refractivity contribution in [3.05, 3.63) is 68.8 Å². The van der Waals surface area contributed by atoms with Gasteiger partial charge in [-0.1, -0.05) is 41.4 Å². The van der Waals surface area contributed by atoms with Crippen LogP contribution in [0.15, 0.2) is 42.5 Å². The van der Waals surface area contributed by atoms with Gasteiger partial charge in [-0.3, -0.25) is 9.59 Å². The van der Waals surface area contributed by atoms with E-state index >= 15 is 0 Å². The van der Waals surface area contributed by atoms with Crippen LogP contribution in [0, 0.1) is 5.82 Å². The first-order chi connectivity index (χ1) is 14.0. The molecule has 2 aromatic carbocycles. The Hall–Kier alpha value is -2.15. The molecular formula is C21H17Cl2FN2O2S. The van der Waals surface area contributed by atoms with Crippen molar-refractivity contribution in [2.75, 3.05) is 26.2 Å². The quantitative estimate of drug-likeness (QED) is 0.528. The zero-order valence-corrected chi connectivity index (χ0v) is 17.7. The summed E-state index contributed by atoms with van der Waals surface area (Å²) in [7, 11) is 0. The first-order valence-electron chi connectivity index (χ1n) is 9.16. The molecule has 1 aliphatic heterocycles. The summed E-state index contributed by atoms with van der Waals surface area (Å²) in [6.45, 7) is 1.68. The number of amides is 2. The second kappa shape index (κ2) is 8.30. The highest BCUT2D eigenvalue weighted by atomic mass is 35.5. The molecule has 0 atom stereocenters. The van der Waals surface area contributed by atoms with Gasteiger partial charge in [-0.15, -0.1) is 11.3 Å². The smallest absolute Gasteiger partial charge is 0.265 e. The Bertz CT molecular complexity index is 1100. The van der Waals surface area contributed by atoms with Crippen LogP contribution in [-0.4, -0.2) is 47.8 Å². The van der Waals surface area contributed by atoms with Crippen LogP contribution in [0.1, 0.15) is 26.5 Å². The summed E-state index contributed by atoms with van der Waals surface area (Å²) < 4.78 is 14.8. The molecule has 0 radical (unpaired) electrons. The van der Waals surface area contributed by atoms with Gasteiger partial charge < -0.3 is 9.80 Å². The lowest BCUT2D eigenvalue weighted by Crippen LogP contribution is -2.37. The molecule has 3 aromatic rings. The van der Waals surface area contributed by atoms with Crippen LogP contribution in [0.2, 0.25) is 10.0 Å². The second-order valence-electron chi connectivity index (χ2n) is 6.80. The summed E-state index contributed by atoms with van der Waals surface area (Å²) in [5, 5.41) is 1.82. The molecule has 0 bridgehead atoms. The summed E-state index contributed by atoms with van der Waals surface area (Å²) in [6.07, 6.45) is 0.611. The van der Waals surface area contributed by atoms with Gasteiger partial charge in [-0.2, -0.15) is 0 Å². The molecule has 0 N–H and O–H groups in total. The fraction of sp³-hybridized carbons (Fsp3) is 0.238. The summed E-state index contributed by atoms with van der Waals surface area (Å²) in [4.78, 5) is 29.5. The Morgan fingerprint density at radius 3 is 2.34 bits per heavy atom. The highest BCUT2D eigenvalue weighted by Gasteiger charge is 2.27. The molecule has 4 nitrogen and oxygen atoms in total. The van der Waals surface area contributed by atoms with Crippen molar-refractivity contribution in [3.63, 3.8) is 0 Å². The van der Waals surface area contributed by atoms with E-state index in [9.17, 15) is 14.0 Å². The fourth-order valence-electron chi connectivity index (χ4n) is 3.45. The minimum Gasteiger partial charge on any atom is -0.337 e. The van der Waals surface area contributed by atoms with Crippen molar-refractivity contribution >= 4 is 56.4 Å². The molecule has 0 spiro atoms. The first-order valence-corrected chi connectivity index (χ1v) is 10.7. The fourth-order valence-corrected chi connectivity index (χ4v) is 5.20. The summed E-state index contributed by atoms with van der Waals surface area (Å²) >= 11 is 13.8. The lowest BCUT2D eigenvalue weighted by atomic mass is 10.2. The molecule has 1 saturated heterocycles. The van der Waals surface area contributed by atoms with Crippen LogP contribution in [0.25, 0.3) is 10.1 Å². The van der Waals surface area contributed by atoms with E-state index in [1.807, 2.05) is 6.07 Å². The molecule has 0 unspecified atom stereocenters. The van der Waals surface area contributed by atoms with Crippen molar-refractivity contribution in [1.29, 1.82) is 0 Å². The molecule has 8 heteroatoms. The third-order valence-electron chi connectivity index (χ3n) is 4.96. The Morgan fingerprint density at radius 2 is 1.62 bits per heavy atom. The van der Waals surface area contributed by atoms with E-state index in [0.717, 1.165) is 10.1 Å². The predicted molar refractivity (Wildman–Crippen MR) is 115 cm³/mol. The maximum atomic E-state index is 14.0. The summed E-state index contributed by atoms with van der Waals surface area (Å²) in [6, 6.07) is 11.3. The minimum absolute atomic E-state index is 0.0525. The third kappa shape index (κ3) is 3.97. The zero-order chi connectivity index (χ0) is 20.5. The Balaban J connectivity index is 1.51. The number of fused-ring (bicyclic) bond motifs is 1. The van der Waals surface area contributed by atoms with Crippen LogP contribution in [0.3, 0.4) is 0 Å². The van der Waals surface area contributed by atoms with Crippen LogP contribution in [0.4, 0.5) is 4.39 Å². The number of benzene rings is 2. The predicted octanol–water partition coefficient (Wildman–Crippen LogP) is 5.34. The van der Waals surface area contributed by atoms with E-state index in [2.05, 4.69) is 0 Å². The third-order valence-corrected chi connectivity index (χ3v) is 6.84. The number of rotatable bonds is 2. The molecule has 1 aromatic heterocycles. The van der Waals surface area contributed by atoms with Gasteiger partial charge in [0.2, 0.25) is 0 Å². The van der Waals surface area contributed by atoms with Gasteiger partial charge in [0.1, 0.15) is 10.7 Å². The maximum absolute atomic E-state index is 14.0. The zero-order valence-electron chi connectivity index (χ0n) is 15.3. The number of hydrogen-bond donors (Lipinski definition) is 0. The van der Waals surface area contributed by atoms with Gasteiger partial charge in [-0.25, -0.2) is 4.39 Å². The molecule has 0 aliphatic carbocycles. The maximum Gasteiger partial charge on any atom is 0.265 e. The van der Waals surface area contributed by atoms with Crippen molar-refractivity contribution in [3.8, 4) is 0 Å². The standard InChI is InChI=1S/C21H17Cl2FN2O2S/c22-13-6-7-15-17(12-13)29-19(18(15)23)21(28)26-9-3-8-25(10-11-26)20(27)14-4-1-2-5-16(14)24/h1-2,4-7,12H,3,8-11H2. The van der Waals surface area contributed by atoms with E-state index in [4.69, 9.17) is 23.2 Å². The summed E-state index contributed by atoms with van der Waals surface area (Å²) in [5.41, 5.74) is 0.0525. The van der Waals surface area contributed by atoms with Gasteiger partial charge in [0.25, 0.3) is 11.8 Å². The molecule has 4 rings (SSSR count). The van der Waals surface area contributed by atoms with E-state index in [0.29, 0.717) is 47.5 Å². The molecule has 1 aliphatic rings. The summed E-state index contributed by atoms with van der Waals surface area (Å²) in [5.74, 6) is -1.05. The molecule has 0 saturated carbocycles. The van der Waals surface area contributed by atoms with Crippen LogP contribution >= 0.6 is 34.5 Å². The first kappa shape index (κ1) is 20.1. The van der Waals surface area contributed by atoms with E-state index in [-0.39, 0.29) is 17.4 Å². The number of halogens is 3. The average molecular weight is 451 g/mol. The van der Waals surface area contributed by atoms with Crippen LogP contribution in [0.5, 0.6) is 0 Å². The largest absolute Gasteiger partial charge is 0.337 e. The van der Waals surface area contributed by atoms with Gasteiger partial charge >= 0.3 is 0 Å². The molecule has 29 heavy (non-hydrogen) atoms. The number of hydrogen-bond acceptors (Lipinski definition) is 3. The topological polar surface area (TPSA) is 40.6 Å². The van der Waals surface area contributed by atoms with Crippen molar-refractivity contribution in [2.45, 2.75) is 6.42 Å². The van der Waals surface area contributed by atoms with E-state index < -0.39 is 5.82 Å². The Morgan fingerprint density at radius 1 is 0.931 bits per heavy atom. The van der Waals surface area contributed by atoms with Gasteiger partial charge in [0, 0.05) is 41.3 Å². The minimum atomic E-state index is -0.537. The van der Waals surface area contributed by atoms with Gasteiger partial charge in [0.05, 0.1) is 10.6 Å². The molecule has 150 valence electrons. The van der Waals surface area contributed by atoms with Crippen LogP contribution in [-0.2, 0) is 0 Å². The highest BCUT2D eigenvalue weighted by Crippen LogP contribution is 2.37. The van der Waals surface area contributed by atoms with E-state index in [1.54, 1.807) is 34.1 Å². The Labute approximate surface area is 181 Å². The molecule has 2 amide bonds. The van der Waals surface area contributed by atoms with Crippen molar-refractivity contribution in [2.24, 2.45) is 0 Å². The number of nitrogens with zero attached hydrogens (tertiary/aromatic N) is 2.